The number of halogens is 2. The molecule has 0 aromatic heterocycles. The van der Waals surface area contributed by atoms with E-state index < -0.39 is 12.8 Å². The number of alkyl halides is 2. The predicted molar refractivity (Wildman–Crippen MR) is 96.0 cm³/mol. The van der Waals surface area contributed by atoms with E-state index in [0.29, 0.717) is 19.8 Å². The highest BCUT2D eigenvalue weighted by Gasteiger charge is 2.58. The molecule has 0 saturated carbocycles. The van der Waals surface area contributed by atoms with Gasteiger partial charge in [0.05, 0.1) is 0 Å². The molecule has 0 heterocycles. The highest BCUT2D eigenvalue weighted by Crippen LogP contribution is 2.42. The minimum absolute atomic E-state index is 0.479. The van der Waals surface area contributed by atoms with Crippen LogP contribution in [0.4, 0.5) is 0 Å². The molecule has 1 atom stereocenters. The Hall–Kier alpha value is 0.277. The van der Waals surface area contributed by atoms with Crippen molar-refractivity contribution in [2.24, 2.45) is 0 Å². The van der Waals surface area contributed by atoms with Crippen LogP contribution in [-0.4, -0.2) is 28.6 Å². The van der Waals surface area contributed by atoms with Gasteiger partial charge in [0.15, 0.2) is 0 Å². The SMILES string of the molecule is CCO[Si](OCC)(OCC)C(C)(Br)c1ccc(CBr)cc1. The van der Waals surface area contributed by atoms with Gasteiger partial charge in [0, 0.05) is 25.2 Å². The van der Waals surface area contributed by atoms with Gasteiger partial charge in [-0.3, -0.25) is 0 Å². The molecule has 120 valence electrons. The highest BCUT2D eigenvalue weighted by atomic mass is 79.9. The smallest absolute Gasteiger partial charge is 0.373 e. The van der Waals surface area contributed by atoms with Crippen molar-refractivity contribution in [1.29, 1.82) is 0 Å². The van der Waals surface area contributed by atoms with Gasteiger partial charge in [-0.1, -0.05) is 56.1 Å². The molecule has 0 saturated heterocycles. The van der Waals surface area contributed by atoms with Crippen molar-refractivity contribution in [3.63, 3.8) is 0 Å². The number of hydrogen-bond donors (Lipinski definition) is 0. The summed E-state index contributed by atoms with van der Waals surface area (Å²) in [5.74, 6) is 0. The molecule has 6 heteroatoms. The standard InChI is InChI=1S/C15H24Br2O3Si/c1-5-18-21(19-6-2,20-7-3)15(4,17)14-10-8-13(12-16)9-11-14/h8-11H,5-7,12H2,1-4H3. The van der Waals surface area contributed by atoms with E-state index >= 15 is 0 Å². The fraction of sp³-hybridized carbons (Fsp3) is 0.600. The Bertz CT molecular complexity index is 406. The maximum Gasteiger partial charge on any atom is 0.522 e. The fourth-order valence-corrected chi connectivity index (χ4v) is 6.58. The average molecular weight is 440 g/mol. The molecular formula is C15H24Br2O3Si. The quantitative estimate of drug-likeness (QED) is 0.409. The Morgan fingerprint density at radius 1 is 0.952 bits per heavy atom. The van der Waals surface area contributed by atoms with Gasteiger partial charge in [-0.05, 0) is 38.8 Å². The molecule has 0 spiro atoms. The lowest BCUT2D eigenvalue weighted by Gasteiger charge is -2.39. The lowest BCUT2D eigenvalue weighted by Crippen LogP contribution is -2.59. The molecule has 1 unspecified atom stereocenters. The second-order valence-corrected chi connectivity index (χ2v) is 10.5. The third kappa shape index (κ3) is 4.39. The molecule has 0 radical (unpaired) electrons. The lowest BCUT2D eigenvalue weighted by atomic mass is 10.1. The molecule has 1 aromatic rings. The van der Waals surface area contributed by atoms with E-state index in [2.05, 4.69) is 63.0 Å². The minimum Gasteiger partial charge on any atom is -0.373 e. The molecule has 1 rings (SSSR count). The van der Waals surface area contributed by atoms with Crippen molar-refractivity contribution >= 4 is 40.7 Å². The van der Waals surface area contributed by atoms with E-state index in [9.17, 15) is 0 Å². The van der Waals surface area contributed by atoms with Crippen LogP contribution in [0.1, 0.15) is 38.8 Å². The van der Waals surface area contributed by atoms with Crippen LogP contribution in [0.3, 0.4) is 0 Å². The van der Waals surface area contributed by atoms with Crippen LogP contribution in [0, 0.1) is 0 Å². The van der Waals surface area contributed by atoms with Gasteiger partial charge >= 0.3 is 8.80 Å². The van der Waals surface area contributed by atoms with Gasteiger partial charge in [0.25, 0.3) is 0 Å². The number of rotatable bonds is 9. The van der Waals surface area contributed by atoms with E-state index in [1.807, 2.05) is 20.8 Å². The van der Waals surface area contributed by atoms with E-state index in [-0.39, 0.29) is 0 Å². The summed E-state index contributed by atoms with van der Waals surface area (Å²) >= 11 is 7.31. The first-order chi connectivity index (χ1) is 9.97. The second kappa shape index (κ2) is 8.79. The van der Waals surface area contributed by atoms with E-state index in [1.165, 1.54) is 5.56 Å². The molecule has 1 aromatic carbocycles. The molecular weight excluding hydrogens is 416 g/mol. The minimum atomic E-state index is -2.89. The van der Waals surface area contributed by atoms with Crippen molar-refractivity contribution in [2.45, 2.75) is 37.0 Å². The monoisotopic (exact) mass is 438 g/mol. The zero-order valence-electron chi connectivity index (χ0n) is 13.1. The maximum atomic E-state index is 6.02. The van der Waals surface area contributed by atoms with Crippen LogP contribution in [0.2, 0.25) is 0 Å². The topological polar surface area (TPSA) is 27.7 Å². The van der Waals surface area contributed by atoms with Gasteiger partial charge in [0.1, 0.15) is 3.95 Å². The first kappa shape index (κ1) is 19.3. The fourth-order valence-electron chi connectivity index (χ4n) is 2.19. The molecule has 0 aliphatic carbocycles. The van der Waals surface area contributed by atoms with Crippen molar-refractivity contribution < 1.29 is 13.3 Å². The summed E-state index contributed by atoms with van der Waals surface area (Å²) in [5, 5.41) is 0.844. The summed E-state index contributed by atoms with van der Waals surface area (Å²) in [6.07, 6.45) is 0. The van der Waals surface area contributed by atoms with Crippen molar-refractivity contribution in [3.05, 3.63) is 35.4 Å². The highest BCUT2D eigenvalue weighted by molar-refractivity contribution is 9.10. The lowest BCUT2D eigenvalue weighted by molar-refractivity contribution is 0.0600. The van der Waals surface area contributed by atoms with Crippen molar-refractivity contribution in [3.8, 4) is 0 Å². The Labute approximate surface area is 146 Å². The van der Waals surface area contributed by atoms with E-state index in [0.717, 1.165) is 10.9 Å². The summed E-state index contributed by atoms with van der Waals surface area (Å²) in [6.45, 7) is 9.67. The molecule has 0 amide bonds. The van der Waals surface area contributed by atoms with Crippen LogP contribution >= 0.6 is 31.9 Å². The Morgan fingerprint density at radius 3 is 1.71 bits per heavy atom. The summed E-state index contributed by atoms with van der Waals surface area (Å²) in [7, 11) is -2.89. The van der Waals surface area contributed by atoms with Gasteiger partial charge in [0.2, 0.25) is 0 Å². The molecule has 0 aliphatic heterocycles. The van der Waals surface area contributed by atoms with Crippen molar-refractivity contribution in [1.82, 2.24) is 0 Å². The zero-order valence-corrected chi connectivity index (χ0v) is 17.3. The van der Waals surface area contributed by atoms with Gasteiger partial charge in [-0.25, -0.2) is 0 Å². The first-order valence-electron chi connectivity index (χ1n) is 7.23. The summed E-state index contributed by atoms with van der Waals surface area (Å²) < 4.78 is 17.6. The molecule has 3 nitrogen and oxygen atoms in total. The van der Waals surface area contributed by atoms with Crippen LogP contribution in [0.5, 0.6) is 0 Å². The molecule has 0 bridgehead atoms. The first-order valence-corrected chi connectivity index (χ1v) is 10.9. The van der Waals surface area contributed by atoms with E-state index in [4.69, 9.17) is 13.3 Å². The number of benzene rings is 1. The third-order valence-electron chi connectivity index (χ3n) is 3.23. The normalized spacial score (nSPS) is 15.0. The Kier molecular flexibility index (Phi) is 8.09. The predicted octanol–water partition coefficient (Wildman–Crippen LogP) is 4.78. The maximum absolute atomic E-state index is 6.02. The molecule has 0 aliphatic rings. The van der Waals surface area contributed by atoms with Crippen molar-refractivity contribution in [2.75, 3.05) is 19.8 Å². The molecule has 0 fully saturated rings. The van der Waals surface area contributed by atoms with Gasteiger partial charge in [-0.2, -0.15) is 0 Å². The summed E-state index contributed by atoms with van der Waals surface area (Å²) in [6, 6.07) is 8.41. The average Bonchev–Trinajstić information content (AvgIpc) is 2.48. The van der Waals surface area contributed by atoms with E-state index in [1.54, 1.807) is 0 Å². The molecule has 0 N–H and O–H groups in total. The zero-order chi connectivity index (χ0) is 15.9. The molecule has 21 heavy (non-hydrogen) atoms. The van der Waals surface area contributed by atoms with Crippen LogP contribution in [0.15, 0.2) is 24.3 Å². The van der Waals surface area contributed by atoms with Gasteiger partial charge in [-0.15, -0.1) is 0 Å². The Morgan fingerprint density at radius 2 is 1.38 bits per heavy atom. The number of hydrogen-bond acceptors (Lipinski definition) is 3. The Balaban J connectivity index is 3.22. The second-order valence-electron chi connectivity index (χ2n) is 4.69. The summed E-state index contributed by atoms with van der Waals surface area (Å²) in [4.78, 5) is 0. The largest absolute Gasteiger partial charge is 0.522 e. The van der Waals surface area contributed by atoms with Crippen LogP contribution in [0.25, 0.3) is 0 Å². The van der Waals surface area contributed by atoms with Crippen LogP contribution in [-0.2, 0) is 22.6 Å². The van der Waals surface area contributed by atoms with Gasteiger partial charge < -0.3 is 13.3 Å². The van der Waals surface area contributed by atoms with Crippen LogP contribution < -0.4 is 0 Å². The summed E-state index contributed by atoms with van der Waals surface area (Å²) in [5.41, 5.74) is 2.34. The third-order valence-corrected chi connectivity index (χ3v) is 9.24.